The second-order valence-corrected chi connectivity index (χ2v) is 8.36. The molecular formula is C13H16BrFN2O2S. The van der Waals surface area contributed by atoms with Crippen molar-refractivity contribution in [1.29, 1.82) is 0 Å². The Labute approximate surface area is 126 Å². The lowest BCUT2D eigenvalue weighted by Gasteiger charge is -2.16. The zero-order valence-corrected chi connectivity index (χ0v) is 13.2. The Morgan fingerprint density at radius 3 is 2.60 bits per heavy atom. The third-order valence-corrected chi connectivity index (χ3v) is 6.39. The fraction of sp³-hybridized carbons (Fsp3) is 0.538. The topological polar surface area (TPSA) is 72.2 Å². The summed E-state index contributed by atoms with van der Waals surface area (Å²) < 4.78 is 41.2. The Bertz CT molecular complexity index is 655. The first-order chi connectivity index (χ1) is 9.34. The van der Waals surface area contributed by atoms with E-state index in [2.05, 4.69) is 20.7 Å². The van der Waals surface area contributed by atoms with Gasteiger partial charge in [0, 0.05) is 16.7 Å². The van der Waals surface area contributed by atoms with Crippen LogP contribution in [0.25, 0.3) is 0 Å². The van der Waals surface area contributed by atoms with E-state index in [9.17, 15) is 12.8 Å². The van der Waals surface area contributed by atoms with Crippen molar-refractivity contribution in [3.8, 4) is 0 Å². The van der Waals surface area contributed by atoms with Crippen molar-refractivity contribution < 1.29 is 12.8 Å². The van der Waals surface area contributed by atoms with Gasteiger partial charge in [-0.05, 0) is 65.1 Å². The van der Waals surface area contributed by atoms with Crippen LogP contribution in [0.5, 0.6) is 0 Å². The van der Waals surface area contributed by atoms with Gasteiger partial charge in [0.25, 0.3) is 0 Å². The van der Waals surface area contributed by atoms with Crippen molar-refractivity contribution in [1.82, 2.24) is 4.72 Å². The number of anilines is 1. The molecule has 1 aromatic rings. The predicted molar refractivity (Wildman–Crippen MR) is 78.1 cm³/mol. The molecule has 4 nitrogen and oxygen atoms in total. The highest BCUT2D eigenvalue weighted by molar-refractivity contribution is 9.10. The number of hydrogen-bond donors (Lipinski definition) is 2. The van der Waals surface area contributed by atoms with Gasteiger partial charge in [0.2, 0.25) is 10.0 Å². The molecule has 0 aromatic heterocycles. The van der Waals surface area contributed by atoms with Crippen LogP contribution in [0.1, 0.15) is 25.7 Å². The summed E-state index contributed by atoms with van der Waals surface area (Å²) in [6.07, 6.45) is 4.49. The average Bonchev–Trinajstić information content (AvgIpc) is 3.24. The Morgan fingerprint density at radius 1 is 1.40 bits per heavy atom. The first-order valence-electron chi connectivity index (χ1n) is 6.58. The highest BCUT2D eigenvalue weighted by Crippen LogP contribution is 2.60. The zero-order valence-electron chi connectivity index (χ0n) is 10.8. The minimum atomic E-state index is -3.85. The van der Waals surface area contributed by atoms with Gasteiger partial charge in [-0.3, -0.25) is 0 Å². The van der Waals surface area contributed by atoms with Crippen molar-refractivity contribution in [2.75, 3.05) is 12.3 Å². The number of rotatable bonds is 5. The smallest absolute Gasteiger partial charge is 0.243 e. The maximum Gasteiger partial charge on any atom is 0.243 e. The Hall–Kier alpha value is -0.660. The molecule has 0 unspecified atom stereocenters. The van der Waals surface area contributed by atoms with E-state index < -0.39 is 15.8 Å². The van der Waals surface area contributed by atoms with Crippen LogP contribution in [0.3, 0.4) is 0 Å². The van der Waals surface area contributed by atoms with E-state index in [0.29, 0.717) is 16.9 Å². The van der Waals surface area contributed by atoms with Crippen molar-refractivity contribution in [3.63, 3.8) is 0 Å². The lowest BCUT2D eigenvalue weighted by Crippen LogP contribution is -2.31. The fourth-order valence-corrected chi connectivity index (χ4v) is 4.20. The van der Waals surface area contributed by atoms with Crippen molar-refractivity contribution in [2.45, 2.75) is 30.6 Å². The summed E-state index contributed by atoms with van der Waals surface area (Å²) in [4.78, 5) is -0.384. The molecule has 0 atom stereocenters. The summed E-state index contributed by atoms with van der Waals surface area (Å²) in [7, 11) is -3.85. The molecule has 0 amide bonds. The van der Waals surface area contributed by atoms with Crippen LogP contribution in [0, 0.1) is 17.2 Å². The van der Waals surface area contributed by atoms with Gasteiger partial charge < -0.3 is 5.73 Å². The average molecular weight is 363 g/mol. The molecule has 2 aliphatic rings. The van der Waals surface area contributed by atoms with Crippen molar-refractivity contribution in [2.24, 2.45) is 11.3 Å². The number of benzene rings is 1. The van der Waals surface area contributed by atoms with E-state index >= 15 is 0 Å². The monoisotopic (exact) mass is 362 g/mol. The third-order valence-electron chi connectivity index (χ3n) is 4.29. The highest BCUT2D eigenvalue weighted by atomic mass is 79.9. The van der Waals surface area contributed by atoms with Crippen LogP contribution < -0.4 is 10.5 Å². The summed E-state index contributed by atoms with van der Waals surface area (Å²) in [5, 5.41) is 0. The molecule has 3 rings (SSSR count). The molecule has 2 aliphatic carbocycles. The normalized spacial score (nSPS) is 20.9. The molecule has 0 aliphatic heterocycles. The molecule has 2 saturated carbocycles. The van der Waals surface area contributed by atoms with Crippen LogP contribution in [0.15, 0.2) is 21.5 Å². The minimum absolute atomic E-state index is 0.129. The molecule has 0 radical (unpaired) electrons. The standard InChI is InChI=1S/C13H16BrFN2O2S/c14-9-5-10(15)12(6-11(9)16)20(18,19)17-7-13(3-4-13)8-1-2-8/h5-6,8,17H,1-4,7,16H2. The lowest BCUT2D eigenvalue weighted by molar-refractivity contribution is 0.431. The Morgan fingerprint density at radius 2 is 2.05 bits per heavy atom. The van der Waals surface area contributed by atoms with Gasteiger partial charge in [0.15, 0.2) is 0 Å². The van der Waals surface area contributed by atoms with Gasteiger partial charge in [-0.1, -0.05) is 0 Å². The van der Waals surface area contributed by atoms with E-state index in [1.165, 1.54) is 12.8 Å². The maximum atomic E-state index is 13.8. The summed E-state index contributed by atoms with van der Waals surface area (Å²) in [5.41, 5.74) is 5.97. The molecule has 0 spiro atoms. The number of hydrogen-bond acceptors (Lipinski definition) is 3. The molecule has 7 heteroatoms. The highest BCUT2D eigenvalue weighted by Gasteiger charge is 2.53. The molecule has 1 aromatic carbocycles. The van der Waals surface area contributed by atoms with E-state index in [1.54, 1.807) is 0 Å². The fourth-order valence-electron chi connectivity index (χ4n) is 2.65. The van der Waals surface area contributed by atoms with Gasteiger partial charge in [-0.2, -0.15) is 0 Å². The maximum absolute atomic E-state index is 13.8. The molecule has 0 saturated heterocycles. The SMILES string of the molecule is Nc1cc(S(=O)(=O)NCC2(C3CC3)CC2)c(F)cc1Br. The lowest BCUT2D eigenvalue weighted by atomic mass is 10.0. The number of halogens is 2. The van der Waals surface area contributed by atoms with Gasteiger partial charge >= 0.3 is 0 Å². The van der Waals surface area contributed by atoms with Crippen LogP contribution in [-0.2, 0) is 10.0 Å². The Balaban J connectivity index is 1.79. The summed E-state index contributed by atoms with van der Waals surface area (Å²) in [6, 6.07) is 2.23. The van der Waals surface area contributed by atoms with Gasteiger partial charge in [0.1, 0.15) is 10.7 Å². The second kappa shape index (κ2) is 4.68. The van der Waals surface area contributed by atoms with E-state index in [-0.39, 0.29) is 16.0 Å². The second-order valence-electron chi connectivity index (χ2n) is 5.77. The third kappa shape index (κ3) is 2.58. The first-order valence-corrected chi connectivity index (χ1v) is 8.86. The molecule has 110 valence electrons. The van der Waals surface area contributed by atoms with Crippen LogP contribution in [0.4, 0.5) is 10.1 Å². The van der Waals surface area contributed by atoms with Crippen molar-refractivity contribution in [3.05, 3.63) is 22.4 Å². The molecule has 20 heavy (non-hydrogen) atoms. The molecular weight excluding hydrogens is 347 g/mol. The summed E-state index contributed by atoms with van der Waals surface area (Å²) in [5.74, 6) is -0.153. The molecule has 0 bridgehead atoms. The van der Waals surface area contributed by atoms with E-state index in [4.69, 9.17) is 5.73 Å². The Kier molecular flexibility index (Phi) is 3.34. The number of sulfonamides is 1. The van der Waals surface area contributed by atoms with E-state index in [0.717, 1.165) is 25.0 Å². The predicted octanol–water partition coefficient (Wildman–Crippen LogP) is 2.64. The first kappa shape index (κ1) is 14.3. The molecule has 0 heterocycles. The van der Waals surface area contributed by atoms with Gasteiger partial charge in [-0.25, -0.2) is 17.5 Å². The number of nitrogen functional groups attached to an aromatic ring is 1. The summed E-state index contributed by atoms with van der Waals surface area (Å²) in [6.45, 7) is 0.398. The van der Waals surface area contributed by atoms with Gasteiger partial charge in [0.05, 0.1) is 0 Å². The molecule has 3 N–H and O–H groups in total. The van der Waals surface area contributed by atoms with Crippen molar-refractivity contribution >= 4 is 31.6 Å². The van der Waals surface area contributed by atoms with Crippen LogP contribution >= 0.6 is 15.9 Å². The summed E-state index contributed by atoms with van der Waals surface area (Å²) >= 11 is 3.07. The van der Waals surface area contributed by atoms with Crippen LogP contribution in [-0.4, -0.2) is 15.0 Å². The van der Waals surface area contributed by atoms with Gasteiger partial charge in [-0.15, -0.1) is 0 Å². The largest absolute Gasteiger partial charge is 0.398 e. The zero-order chi connectivity index (χ0) is 14.5. The molecule has 2 fully saturated rings. The quantitative estimate of drug-likeness (QED) is 0.790. The van der Waals surface area contributed by atoms with Crippen LogP contribution in [0.2, 0.25) is 0 Å². The van der Waals surface area contributed by atoms with E-state index in [1.807, 2.05) is 0 Å². The minimum Gasteiger partial charge on any atom is -0.398 e. The number of nitrogens with two attached hydrogens (primary N) is 1. The number of nitrogens with one attached hydrogen (secondary N) is 1.